The van der Waals surface area contributed by atoms with E-state index < -0.39 is 0 Å². The molecule has 0 saturated heterocycles. The lowest BCUT2D eigenvalue weighted by molar-refractivity contribution is 1.18. The molecule has 0 saturated carbocycles. The van der Waals surface area contributed by atoms with Crippen LogP contribution in [0.3, 0.4) is 0 Å². The van der Waals surface area contributed by atoms with Crippen LogP contribution < -0.4 is 16.0 Å². The van der Waals surface area contributed by atoms with E-state index in [-0.39, 0.29) is 0 Å². The first-order chi connectivity index (χ1) is 57.9. The molecule has 552 valence electrons. The van der Waals surface area contributed by atoms with E-state index in [1.165, 1.54) is 176 Å². The lowest BCUT2D eigenvalue weighted by Gasteiger charge is -2.13. The Hall–Kier alpha value is -14.4. The maximum Gasteiger partial charge on any atom is 0.0542 e. The van der Waals surface area contributed by atoms with Gasteiger partial charge in [0.15, 0.2) is 0 Å². The van der Waals surface area contributed by atoms with E-state index in [0.29, 0.717) is 0 Å². The lowest BCUT2D eigenvalue weighted by Crippen LogP contribution is -1.94. The normalized spacial score (nSPS) is 11.4. The van der Waals surface area contributed by atoms with Crippen LogP contribution >= 0.6 is 34.0 Å². The van der Waals surface area contributed by atoms with Gasteiger partial charge in [0.1, 0.15) is 0 Å². The average Bonchev–Trinajstić information content (AvgIpc) is 1.58. The van der Waals surface area contributed by atoms with Crippen LogP contribution in [0.1, 0.15) is 0 Å². The van der Waals surface area contributed by atoms with E-state index in [1.807, 2.05) is 40.1 Å². The second-order valence-electron chi connectivity index (χ2n) is 29.8. The summed E-state index contributed by atoms with van der Waals surface area (Å²) in [6.45, 7) is 0. The van der Waals surface area contributed by atoms with Crippen molar-refractivity contribution in [3.05, 3.63) is 431 Å². The summed E-state index contributed by atoms with van der Waals surface area (Å²) in [5.74, 6) is 0. The Bertz CT molecular complexity index is 7620. The molecule has 0 radical (unpaired) electrons. The molecule has 3 N–H and O–H groups in total. The largest absolute Gasteiger partial charge is 0.355 e. The molecule has 4 aromatic heterocycles. The Kier molecular flexibility index (Phi) is 18.5. The number of nitrogens with one attached hydrogen (secondary N) is 3. The molecule has 4 heterocycles. The summed E-state index contributed by atoms with van der Waals surface area (Å²) in [6, 6.07) is 155. The van der Waals surface area contributed by atoms with Gasteiger partial charge in [-0.2, -0.15) is 0 Å². The molecule has 0 aliphatic rings. The molecule has 23 rings (SSSR count). The monoisotopic (exact) mass is 1550 g/mol. The van der Waals surface area contributed by atoms with E-state index in [2.05, 4.69) is 445 Å². The summed E-state index contributed by atoms with van der Waals surface area (Å²) < 4.78 is 10.3. The predicted molar refractivity (Wildman–Crippen MR) is 509 cm³/mol. The number of thiophene rings is 3. The molecular weight excluding hydrogens is 1470 g/mol. The number of rotatable bonds is 13. The fourth-order valence-electron chi connectivity index (χ4n) is 16.7. The highest BCUT2D eigenvalue weighted by atomic mass is 32.1. The smallest absolute Gasteiger partial charge is 0.0542 e. The molecule has 117 heavy (non-hydrogen) atoms. The molecule has 0 spiro atoms. The van der Waals surface area contributed by atoms with E-state index >= 15 is 0 Å². The zero-order chi connectivity index (χ0) is 77.5. The highest BCUT2D eigenvalue weighted by molar-refractivity contribution is 7.27. The summed E-state index contributed by atoms with van der Waals surface area (Å²) in [5.41, 5.74) is 24.9. The summed E-state index contributed by atoms with van der Waals surface area (Å²) in [6.07, 6.45) is 0. The zero-order valence-electron chi connectivity index (χ0n) is 63.7. The SMILES string of the molecule is c1ccc(-c2ccc(-c3cc(Nc4ccc5c(c4)c4ccccc4n5-c4ccccc4)cc4c3sc3ccccc34)cc2)cc1.c1ccc(-c2ccc(-c3cc(Nc4cccc(-c5ccccc5)c4)cc4c3sc3ccccc34)cc2)cc1.c1ccc(Nc2cc(-c3ccc4cc5ccccc5cc4c3)c3sc4ccccc4c3c2)cc1. The Morgan fingerprint density at radius 1 is 0.171 bits per heavy atom. The molecule has 0 bridgehead atoms. The van der Waals surface area contributed by atoms with Gasteiger partial charge in [-0.1, -0.05) is 297 Å². The summed E-state index contributed by atoms with van der Waals surface area (Å²) in [5, 5.41) is 26.5. The summed E-state index contributed by atoms with van der Waals surface area (Å²) in [7, 11) is 0. The molecule has 23 aromatic rings. The molecule has 0 amide bonds. The minimum absolute atomic E-state index is 1.07. The van der Waals surface area contributed by atoms with Gasteiger partial charge in [0, 0.05) is 128 Å². The zero-order valence-corrected chi connectivity index (χ0v) is 66.1. The third kappa shape index (κ3) is 14.0. The van der Waals surface area contributed by atoms with Gasteiger partial charge in [0.25, 0.3) is 0 Å². The number of nitrogens with zero attached hydrogens (tertiary/aromatic N) is 1. The van der Waals surface area contributed by atoms with Gasteiger partial charge in [0.05, 0.1) is 11.0 Å². The molecule has 19 aromatic carbocycles. The van der Waals surface area contributed by atoms with Crippen molar-refractivity contribution in [2.45, 2.75) is 0 Å². The summed E-state index contributed by atoms with van der Waals surface area (Å²) in [4.78, 5) is 0. The van der Waals surface area contributed by atoms with Gasteiger partial charge in [-0.3, -0.25) is 0 Å². The number of benzene rings is 19. The van der Waals surface area contributed by atoms with E-state index in [0.717, 1.165) is 34.1 Å². The van der Waals surface area contributed by atoms with Gasteiger partial charge < -0.3 is 20.5 Å². The van der Waals surface area contributed by atoms with Crippen LogP contribution in [0.5, 0.6) is 0 Å². The molecule has 0 aliphatic carbocycles. The van der Waals surface area contributed by atoms with Crippen molar-refractivity contribution < 1.29 is 0 Å². The maximum atomic E-state index is 3.80. The fourth-order valence-corrected chi connectivity index (χ4v) is 20.4. The van der Waals surface area contributed by atoms with Crippen molar-refractivity contribution in [3.63, 3.8) is 0 Å². The highest BCUT2D eigenvalue weighted by Crippen LogP contribution is 2.48. The van der Waals surface area contributed by atoms with E-state index in [9.17, 15) is 0 Å². The third-order valence-corrected chi connectivity index (χ3v) is 26.0. The van der Waals surface area contributed by atoms with Gasteiger partial charge in [-0.25, -0.2) is 0 Å². The third-order valence-electron chi connectivity index (χ3n) is 22.4. The van der Waals surface area contributed by atoms with Crippen molar-refractivity contribution >= 4 is 172 Å². The Morgan fingerprint density at radius 3 is 1.03 bits per heavy atom. The quantitative estimate of drug-likeness (QED) is 0.101. The molecule has 0 atom stereocenters. The number of fused-ring (bicyclic) bond motifs is 14. The molecular formula is C110H74N4S3. The average molecular weight is 1550 g/mol. The van der Waals surface area contributed by atoms with Gasteiger partial charge in [-0.15, -0.1) is 34.0 Å². The van der Waals surface area contributed by atoms with Gasteiger partial charge >= 0.3 is 0 Å². The standard InChI is InChI=1S/C42H28N2S.C36H25NS.C32H21NS/c1-3-11-28(12-4-1)29-19-21-30(22-20-29)36-26-32(27-38-35-16-8-10-18-41(35)45-42(36)38)43-31-23-24-40-37(25-31)34-15-7-9-17-39(34)44(40)33-13-5-2-6-14-33;1-3-10-25(11-4-1)27-18-20-28(21-19-27)33-23-31(24-34-32-16-7-8-17-35(32)38-36(33)34)37-30-15-9-14-29(22-30)26-12-5-2-6-13-26;1-2-10-26(11-3-1)33-27-19-29(32-30(20-27)28-12-6-7-13-31(28)34-32)24-15-14-23-16-21-8-4-5-9-22(21)17-25(23)18-24/h1-27,43H;1-24,37H;1-20,33H. The topological polar surface area (TPSA) is 41.0 Å². The number of anilines is 6. The van der Waals surface area contributed by atoms with Crippen molar-refractivity contribution in [2.75, 3.05) is 16.0 Å². The Labute approximate surface area is 690 Å². The van der Waals surface area contributed by atoms with Crippen LogP contribution in [0.2, 0.25) is 0 Å². The molecule has 4 nitrogen and oxygen atoms in total. The van der Waals surface area contributed by atoms with E-state index in [1.54, 1.807) is 0 Å². The van der Waals surface area contributed by atoms with Crippen LogP contribution in [0.15, 0.2) is 431 Å². The molecule has 0 unspecified atom stereocenters. The van der Waals surface area contributed by atoms with Crippen molar-refractivity contribution in [1.82, 2.24) is 4.57 Å². The number of para-hydroxylation sites is 3. The minimum atomic E-state index is 1.07. The first-order valence-corrected chi connectivity index (χ1v) is 42.1. The van der Waals surface area contributed by atoms with Crippen LogP contribution in [-0.4, -0.2) is 4.57 Å². The highest BCUT2D eigenvalue weighted by Gasteiger charge is 2.20. The Balaban J connectivity index is 0.000000111. The van der Waals surface area contributed by atoms with Gasteiger partial charge in [-0.05, 0) is 205 Å². The Morgan fingerprint density at radius 2 is 0.513 bits per heavy atom. The fraction of sp³-hybridized carbons (Fsp3) is 0. The molecule has 0 fully saturated rings. The van der Waals surface area contributed by atoms with Crippen LogP contribution in [-0.2, 0) is 0 Å². The lowest BCUT2D eigenvalue weighted by atomic mass is 9.97. The van der Waals surface area contributed by atoms with Crippen molar-refractivity contribution in [1.29, 1.82) is 0 Å². The second kappa shape index (κ2) is 30.8. The number of aromatic nitrogens is 1. The maximum absolute atomic E-state index is 3.80. The molecule has 7 heteroatoms. The first kappa shape index (κ1) is 70.4. The number of hydrogen-bond acceptors (Lipinski definition) is 6. The predicted octanol–water partition coefficient (Wildman–Crippen LogP) is 32.8. The second-order valence-corrected chi connectivity index (χ2v) is 32.9. The summed E-state index contributed by atoms with van der Waals surface area (Å²) >= 11 is 5.62. The van der Waals surface area contributed by atoms with E-state index in [4.69, 9.17) is 0 Å². The van der Waals surface area contributed by atoms with Crippen LogP contribution in [0.4, 0.5) is 34.1 Å². The van der Waals surface area contributed by atoms with Crippen LogP contribution in [0, 0.1) is 0 Å². The minimum Gasteiger partial charge on any atom is -0.355 e. The van der Waals surface area contributed by atoms with Crippen molar-refractivity contribution in [3.8, 4) is 72.4 Å². The first-order valence-electron chi connectivity index (χ1n) is 39.6. The number of hydrogen-bond donors (Lipinski definition) is 3. The van der Waals surface area contributed by atoms with Crippen LogP contribution in [0.25, 0.3) is 176 Å². The molecule has 0 aliphatic heterocycles. The van der Waals surface area contributed by atoms with Gasteiger partial charge in [0.2, 0.25) is 0 Å². The van der Waals surface area contributed by atoms with Crippen molar-refractivity contribution in [2.24, 2.45) is 0 Å².